The zero-order valence-corrected chi connectivity index (χ0v) is 11.3. The van der Waals surface area contributed by atoms with Crippen LogP contribution < -0.4 is 5.32 Å². The number of carbonyl (C=O) groups excluding carboxylic acids is 1. The van der Waals surface area contributed by atoms with Gasteiger partial charge in [0.25, 0.3) is 5.91 Å². The van der Waals surface area contributed by atoms with E-state index >= 15 is 0 Å². The molecule has 0 heterocycles. The van der Waals surface area contributed by atoms with Crippen LogP contribution in [0.15, 0.2) is 24.3 Å². The molecule has 0 saturated heterocycles. The number of rotatable bonds is 4. The van der Waals surface area contributed by atoms with Gasteiger partial charge >= 0.3 is 0 Å². The highest BCUT2D eigenvalue weighted by Gasteiger charge is 2.29. The Kier molecular flexibility index (Phi) is 4.64. The SMILES string of the molecule is CCSC1CCCC1NC(=O)c1ccccc1F. The van der Waals surface area contributed by atoms with Gasteiger partial charge < -0.3 is 5.32 Å². The van der Waals surface area contributed by atoms with Crippen LogP contribution in [0.25, 0.3) is 0 Å². The molecular weight excluding hydrogens is 249 g/mol. The number of thioether (sulfide) groups is 1. The Balaban J connectivity index is 2.01. The van der Waals surface area contributed by atoms with Gasteiger partial charge in [0.2, 0.25) is 0 Å². The van der Waals surface area contributed by atoms with Crippen LogP contribution in [-0.4, -0.2) is 23.0 Å². The van der Waals surface area contributed by atoms with Crippen LogP contribution >= 0.6 is 11.8 Å². The maximum absolute atomic E-state index is 13.5. The zero-order valence-electron chi connectivity index (χ0n) is 10.5. The summed E-state index contributed by atoms with van der Waals surface area (Å²) in [6, 6.07) is 6.31. The van der Waals surface area contributed by atoms with Gasteiger partial charge in [0.05, 0.1) is 5.56 Å². The molecule has 98 valence electrons. The fraction of sp³-hybridized carbons (Fsp3) is 0.500. The molecule has 18 heavy (non-hydrogen) atoms. The summed E-state index contributed by atoms with van der Waals surface area (Å²) in [6.45, 7) is 2.12. The van der Waals surface area contributed by atoms with E-state index in [0.29, 0.717) is 5.25 Å². The Morgan fingerprint density at radius 1 is 1.44 bits per heavy atom. The minimum absolute atomic E-state index is 0.143. The quantitative estimate of drug-likeness (QED) is 0.907. The molecular formula is C14H18FNOS. The van der Waals surface area contributed by atoms with Crippen LogP contribution in [0.2, 0.25) is 0 Å². The van der Waals surface area contributed by atoms with E-state index in [4.69, 9.17) is 0 Å². The van der Waals surface area contributed by atoms with Gasteiger partial charge in [0, 0.05) is 11.3 Å². The van der Waals surface area contributed by atoms with Gasteiger partial charge in [-0.15, -0.1) is 0 Å². The van der Waals surface area contributed by atoms with Crippen LogP contribution in [0.3, 0.4) is 0 Å². The molecule has 1 aromatic rings. The van der Waals surface area contributed by atoms with Crippen molar-refractivity contribution in [2.24, 2.45) is 0 Å². The standard InChI is InChI=1S/C14H18FNOS/c1-2-18-13-9-5-8-12(13)16-14(17)10-6-3-4-7-11(10)15/h3-4,6-7,12-13H,2,5,8-9H2,1H3,(H,16,17). The van der Waals surface area contributed by atoms with Gasteiger partial charge in [-0.1, -0.05) is 25.5 Å². The van der Waals surface area contributed by atoms with Crippen molar-refractivity contribution in [3.63, 3.8) is 0 Å². The second kappa shape index (κ2) is 6.23. The van der Waals surface area contributed by atoms with Crippen LogP contribution in [-0.2, 0) is 0 Å². The molecule has 0 bridgehead atoms. The van der Waals surface area contributed by atoms with Gasteiger partial charge in [0.15, 0.2) is 0 Å². The first-order valence-corrected chi connectivity index (χ1v) is 7.44. The van der Waals surface area contributed by atoms with Crippen molar-refractivity contribution in [3.8, 4) is 0 Å². The first-order chi connectivity index (χ1) is 8.72. The smallest absolute Gasteiger partial charge is 0.254 e. The molecule has 4 heteroatoms. The van der Waals surface area contributed by atoms with E-state index in [-0.39, 0.29) is 17.5 Å². The first-order valence-electron chi connectivity index (χ1n) is 6.39. The largest absolute Gasteiger partial charge is 0.348 e. The molecule has 2 nitrogen and oxygen atoms in total. The van der Waals surface area contributed by atoms with E-state index in [1.54, 1.807) is 12.1 Å². The van der Waals surface area contributed by atoms with Crippen LogP contribution in [0.1, 0.15) is 36.5 Å². The molecule has 0 spiro atoms. The number of hydrogen-bond donors (Lipinski definition) is 1. The number of nitrogens with one attached hydrogen (secondary N) is 1. The van der Waals surface area contributed by atoms with Crippen molar-refractivity contribution < 1.29 is 9.18 Å². The van der Waals surface area contributed by atoms with Crippen molar-refractivity contribution in [3.05, 3.63) is 35.6 Å². The van der Waals surface area contributed by atoms with E-state index in [2.05, 4.69) is 12.2 Å². The fourth-order valence-corrected chi connectivity index (χ4v) is 3.59. The van der Waals surface area contributed by atoms with Gasteiger partial charge in [-0.05, 0) is 30.7 Å². The molecule has 1 aliphatic carbocycles. The van der Waals surface area contributed by atoms with E-state index in [1.165, 1.54) is 12.1 Å². The Bertz CT molecular complexity index is 424. The first kappa shape index (κ1) is 13.4. The predicted octanol–water partition coefficient (Wildman–Crippen LogP) is 3.23. The molecule has 1 saturated carbocycles. The fourth-order valence-electron chi connectivity index (χ4n) is 2.40. The third-order valence-electron chi connectivity index (χ3n) is 3.27. The van der Waals surface area contributed by atoms with E-state index < -0.39 is 5.82 Å². The lowest BCUT2D eigenvalue weighted by Gasteiger charge is -2.20. The summed E-state index contributed by atoms with van der Waals surface area (Å²) < 4.78 is 13.5. The average molecular weight is 267 g/mol. The number of hydrogen-bond acceptors (Lipinski definition) is 2. The summed E-state index contributed by atoms with van der Waals surface area (Å²) in [4.78, 5) is 12.0. The van der Waals surface area contributed by atoms with Crippen molar-refractivity contribution in [2.75, 3.05) is 5.75 Å². The summed E-state index contributed by atoms with van der Waals surface area (Å²) >= 11 is 1.88. The van der Waals surface area contributed by atoms with Crippen molar-refractivity contribution in [1.82, 2.24) is 5.32 Å². The van der Waals surface area contributed by atoms with Gasteiger partial charge in [0.1, 0.15) is 5.82 Å². The van der Waals surface area contributed by atoms with Crippen molar-refractivity contribution in [2.45, 2.75) is 37.5 Å². The second-order valence-electron chi connectivity index (χ2n) is 4.48. The molecule has 1 aromatic carbocycles. The number of halogens is 1. The van der Waals surface area contributed by atoms with Gasteiger partial charge in [-0.2, -0.15) is 11.8 Å². The maximum Gasteiger partial charge on any atom is 0.254 e. The Morgan fingerprint density at radius 2 is 2.22 bits per heavy atom. The highest BCUT2D eigenvalue weighted by molar-refractivity contribution is 7.99. The minimum Gasteiger partial charge on any atom is -0.348 e. The molecule has 0 aliphatic heterocycles. The van der Waals surface area contributed by atoms with Gasteiger partial charge in [-0.25, -0.2) is 4.39 Å². The normalized spacial score (nSPS) is 23.0. The molecule has 0 radical (unpaired) electrons. The molecule has 1 N–H and O–H groups in total. The van der Waals surface area contributed by atoms with E-state index in [9.17, 15) is 9.18 Å². The van der Waals surface area contributed by atoms with Crippen LogP contribution in [0.4, 0.5) is 4.39 Å². The third-order valence-corrected chi connectivity index (χ3v) is 4.59. The molecule has 2 atom stereocenters. The number of amides is 1. The van der Waals surface area contributed by atoms with E-state index in [0.717, 1.165) is 25.0 Å². The van der Waals surface area contributed by atoms with Crippen molar-refractivity contribution >= 4 is 17.7 Å². The molecule has 2 unspecified atom stereocenters. The number of benzene rings is 1. The topological polar surface area (TPSA) is 29.1 Å². The van der Waals surface area contributed by atoms with E-state index in [1.807, 2.05) is 11.8 Å². The molecule has 1 amide bonds. The molecule has 1 aliphatic rings. The lowest BCUT2D eigenvalue weighted by atomic mass is 10.1. The molecule has 1 fully saturated rings. The third kappa shape index (κ3) is 3.05. The summed E-state index contributed by atoms with van der Waals surface area (Å²) in [6.07, 6.45) is 3.28. The predicted molar refractivity (Wildman–Crippen MR) is 73.4 cm³/mol. The Labute approximate surface area is 111 Å². The number of carbonyl (C=O) groups is 1. The molecule has 0 aromatic heterocycles. The summed E-state index contributed by atoms with van der Waals surface area (Å²) in [7, 11) is 0. The summed E-state index contributed by atoms with van der Waals surface area (Å²) in [5.41, 5.74) is 0.143. The maximum atomic E-state index is 13.5. The van der Waals surface area contributed by atoms with Crippen LogP contribution in [0.5, 0.6) is 0 Å². The summed E-state index contributed by atoms with van der Waals surface area (Å²) in [5.74, 6) is 0.311. The lowest BCUT2D eigenvalue weighted by Crippen LogP contribution is -2.39. The highest BCUT2D eigenvalue weighted by Crippen LogP contribution is 2.30. The van der Waals surface area contributed by atoms with Gasteiger partial charge in [-0.3, -0.25) is 4.79 Å². The Morgan fingerprint density at radius 3 is 2.94 bits per heavy atom. The van der Waals surface area contributed by atoms with Crippen molar-refractivity contribution in [1.29, 1.82) is 0 Å². The average Bonchev–Trinajstić information content (AvgIpc) is 2.78. The lowest BCUT2D eigenvalue weighted by molar-refractivity contribution is 0.0934. The van der Waals surface area contributed by atoms with Crippen LogP contribution in [0, 0.1) is 5.82 Å². The monoisotopic (exact) mass is 267 g/mol. The summed E-state index contributed by atoms with van der Waals surface area (Å²) in [5, 5.41) is 3.45. The highest BCUT2D eigenvalue weighted by atomic mass is 32.2. The minimum atomic E-state index is -0.451. The Hall–Kier alpha value is -1.03. The second-order valence-corrected chi connectivity index (χ2v) is 6.00. The zero-order chi connectivity index (χ0) is 13.0. The molecule has 2 rings (SSSR count).